The van der Waals surface area contributed by atoms with Gasteiger partial charge in [0.05, 0.1) is 0 Å². The third-order valence-corrected chi connectivity index (χ3v) is 4.09. The molecule has 1 aliphatic rings. The minimum atomic E-state index is -0.0984. The third-order valence-electron chi connectivity index (χ3n) is 3.87. The second kappa shape index (κ2) is 6.33. The van der Waals surface area contributed by atoms with Gasteiger partial charge in [0.2, 0.25) is 0 Å². The largest absolute Gasteiger partial charge is 0.507 e. The van der Waals surface area contributed by atoms with Crippen LogP contribution in [0, 0.1) is 0 Å². The second-order valence-corrected chi connectivity index (χ2v) is 6.99. The highest BCUT2D eigenvalue weighted by Crippen LogP contribution is 2.36. The number of benzene rings is 1. The highest BCUT2D eigenvalue weighted by molar-refractivity contribution is 6.30. The number of hydrogen-bond acceptors (Lipinski definition) is 3. The molecule has 4 heteroatoms. The number of piperazine rings is 1. The van der Waals surface area contributed by atoms with Gasteiger partial charge in [0.15, 0.2) is 0 Å². The van der Waals surface area contributed by atoms with E-state index in [4.69, 9.17) is 11.6 Å². The van der Waals surface area contributed by atoms with E-state index >= 15 is 0 Å². The van der Waals surface area contributed by atoms with Gasteiger partial charge in [0, 0.05) is 43.3 Å². The van der Waals surface area contributed by atoms with Gasteiger partial charge in [-0.3, -0.25) is 0 Å². The molecule has 0 atom stereocenters. The van der Waals surface area contributed by atoms with Crippen LogP contribution < -0.4 is 5.32 Å². The molecule has 1 saturated heterocycles. The van der Waals surface area contributed by atoms with Crippen molar-refractivity contribution in [1.29, 1.82) is 0 Å². The van der Waals surface area contributed by atoms with Gasteiger partial charge in [-0.05, 0) is 29.5 Å². The Morgan fingerprint density at radius 2 is 1.90 bits per heavy atom. The number of phenolic OH excluding ortho intramolecular Hbond substituents is 1. The zero-order chi connectivity index (χ0) is 14.8. The van der Waals surface area contributed by atoms with Crippen molar-refractivity contribution in [1.82, 2.24) is 10.2 Å². The zero-order valence-electron chi connectivity index (χ0n) is 12.7. The summed E-state index contributed by atoms with van der Waals surface area (Å²) >= 11 is 6.21. The molecule has 0 spiro atoms. The van der Waals surface area contributed by atoms with Crippen LogP contribution in [0.1, 0.15) is 31.9 Å². The predicted octanol–water partition coefficient (Wildman–Crippen LogP) is 2.79. The van der Waals surface area contributed by atoms with Crippen molar-refractivity contribution in [3.05, 3.63) is 28.3 Å². The van der Waals surface area contributed by atoms with Crippen molar-refractivity contribution in [2.24, 2.45) is 0 Å². The molecule has 1 aliphatic heterocycles. The molecule has 0 unspecified atom stereocenters. The van der Waals surface area contributed by atoms with Gasteiger partial charge in [0.25, 0.3) is 0 Å². The summed E-state index contributed by atoms with van der Waals surface area (Å²) in [7, 11) is 0. The van der Waals surface area contributed by atoms with E-state index in [0.29, 0.717) is 10.8 Å². The van der Waals surface area contributed by atoms with Gasteiger partial charge in [-0.25, -0.2) is 0 Å². The highest BCUT2D eigenvalue weighted by Gasteiger charge is 2.21. The summed E-state index contributed by atoms with van der Waals surface area (Å²) in [6, 6.07) is 3.78. The van der Waals surface area contributed by atoms with E-state index in [2.05, 4.69) is 31.0 Å². The number of nitrogens with one attached hydrogen (secondary N) is 1. The predicted molar refractivity (Wildman–Crippen MR) is 84.8 cm³/mol. The van der Waals surface area contributed by atoms with Crippen LogP contribution in [-0.4, -0.2) is 42.7 Å². The number of halogens is 1. The molecule has 1 fully saturated rings. The van der Waals surface area contributed by atoms with Crippen molar-refractivity contribution >= 4 is 11.6 Å². The fourth-order valence-electron chi connectivity index (χ4n) is 2.63. The molecule has 20 heavy (non-hydrogen) atoms. The van der Waals surface area contributed by atoms with Crippen LogP contribution >= 0.6 is 11.6 Å². The number of nitrogens with zero attached hydrogens (tertiary/aromatic N) is 1. The van der Waals surface area contributed by atoms with Gasteiger partial charge in [-0.2, -0.15) is 0 Å². The lowest BCUT2D eigenvalue weighted by molar-refractivity contribution is 0.243. The van der Waals surface area contributed by atoms with Crippen molar-refractivity contribution in [3.8, 4) is 5.75 Å². The van der Waals surface area contributed by atoms with E-state index in [-0.39, 0.29) is 5.41 Å². The molecular weight excluding hydrogens is 272 g/mol. The summed E-state index contributed by atoms with van der Waals surface area (Å²) in [5.41, 5.74) is 1.79. The molecule has 0 aromatic heterocycles. The minimum absolute atomic E-state index is 0.0984. The SMILES string of the molecule is CC(C)(C)c1cc(Cl)cc(CCN2CCNCC2)c1O. The maximum Gasteiger partial charge on any atom is 0.122 e. The molecule has 1 heterocycles. The minimum Gasteiger partial charge on any atom is -0.507 e. The van der Waals surface area contributed by atoms with Gasteiger partial charge in [0.1, 0.15) is 5.75 Å². The lowest BCUT2D eigenvalue weighted by Crippen LogP contribution is -2.44. The summed E-state index contributed by atoms with van der Waals surface area (Å²) in [6.07, 6.45) is 0.843. The lowest BCUT2D eigenvalue weighted by atomic mass is 9.85. The Morgan fingerprint density at radius 3 is 2.50 bits per heavy atom. The third kappa shape index (κ3) is 3.87. The van der Waals surface area contributed by atoms with Crippen LogP contribution in [0.2, 0.25) is 5.02 Å². The molecule has 1 aromatic rings. The molecule has 112 valence electrons. The topological polar surface area (TPSA) is 35.5 Å². The van der Waals surface area contributed by atoms with E-state index in [9.17, 15) is 5.11 Å². The maximum atomic E-state index is 10.5. The van der Waals surface area contributed by atoms with Crippen LogP contribution in [0.5, 0.6) is 5.75 Å². The van der Waals surface area contributed by atoms with Gasteiger partial charge in [-0.15, -0.1) is 0 Å². The fraction of sp³-hybridized carbons (Fsp3) is 0.625. The molecule has 1 aromatic carbocycles. The standard InChI is InChI=1S/C16H25ClN2O/c1-16(2,3)14-11-13(17)10-12(15(14)20)4-7-19-8-5-18-6-9-19/h10-11,18,20H,4-9H2,1-3H3. The Hall–Kier alpha value is -0.770. The van der Waals surface area contributed by atoms with E-state index in [0.717, 1.165) is 50.3 Å². The second-order valence-electron chi connectivity index (χ2n) is 6.55. The quantitative estimate of drug-likeness (QED) is 0.900. The average molecular weight is 297 g/mol. The lowest BCUT2D eigenvalue weighted by Gasteiger charge is -2.28. The number of aromatic hydroxyl groups is 1. The normalized spacial score (nSPS) is 17.4. The van der Waals surface area contributed by atoms with Gasteiger partial charge >= 0.3 is 0 Å². The molecule has 0 radical (unpaired) electrons. The first-order chi connectivity index (χ1) is 9.38. The van der Waals surface area contributed by atoms with E-state index in [1.165, 1.54) is 0 Å². The van der Waals surface area contributed by atoms with Gasteiger partial charge < -0.3 is 15.3 Å². The summed E-state index contributed by atoms with van der Waals surface area (Å²) < 4.78 is 0. The molecule has 2 N–H and O–H groups in total. The Morgan fingerprint density at radius 1 is 1.25 bits per heavy atom. The van der Waals surface area contributed by atoms with E-state index < -0.39 is 0 Å². The fourth-order valence-corrected chi connectivity index (χ4v) is 2.87. The molecule has 0 bridgehead atoms. The molecule has 3 nitrogen and oxygen atoms in total. The number of phenols is 1. The summed E-state index contributed by atoms with van der Waals surface area (Å²) in [5.74, 6) is 0.414. The first-order valence-corrected chi connectivity index (χ1v) is 7.70. The summed E-state index contributed by atoms with van der Waals surface area (Å²) in [6.45, 7) is 11.5. The Balaban J connectivity index is 2.12. The molecule has 2 rings (SSSR count). The van der Waals surface area contributed by atoms with Crippen LogP contribution in [0.4, 0.5) is 0 Å². The maximum absolute atomic E-state index is 10.5. The van der Waals surface area contributed by atoms with Crippen molar-refractivity contribution in [3.63, 3.8) is 0 Å². The van der Waals surface area contributed by atoms with Crippen molar-refractivity contribution < 1.29 is 5.11 Å². The number of rotatable bonds is 3. The number of hydrogen-bond donors (Lipinski definition) is 2. The smallest absolute Gasteiger partial charge is 0.122 e. The molecule has 0 saturated carbocycles. The monoisotopic (exact) mass is 296 g/mol. The van der Waals surface area contributed by atoms with Crippen LogP contribution in [0.25, 0.3) is 0 Å². The molecule has 0 aliphatic carbocycles. The van der Waals surface area contributed by atoms with E-state index in [1.54, 1.807) is 0 Å². The molecule has 0 amide bonds. The van der Waals surface area contributed by atoms with E-state index in [1.807, 2.05) is 12.1 Å². The average Bonchev–Trinajstić information content (AvgIpc) is 2.39. The zero-order valence-corrected chi connectivity index (χ0v) is 13.4. The first-order valence-electron chi connectivity index (χ1n) is 7.33. The van der Waals surface area contributed by atoms with Crippen LogP contribution in [0.3, 0.4) is 0 Å². The first kappa shape index (κ1) is 15.6. The van der Waals surface area contributed by atoms with Crippen LogP contribution in [0.15, 0.2) is 12.1 Å². The molecular formula is C16H25ClN2O. The van der Waals surface area contributed by atoms with Crippen LogP contribution in [-0.2, 0) is 11.8 Å². The van der Waals surface area contributed by atoms with Gasteiger partial charge in [-0.1, -0.05) is 32.4 Å². The summed E-state index contributed by atoms with van der Waals surface area (Å²) in [4.78, 5) is 2.42. The Bertz CT molecular complexity index is 462. The summed E-state index contributed by atoms with van der Waals surface area (Å²) in [5, 5.41) is 14.6. The highest BCUT2D eigenvalue weighted by atomic mass is 35.5. The van der Waals surface area contributed by atoms with Crippen molar-refractivity contribution in [2.75, 3.05) is 32.7 Å². The Kier molecular flexibility index (Phi) is 4.95. The Labute approximate surface area is 126 Å². The van der Waals surface area contributed by atoms with Crippen molar-refractivity contribution in [2.45, 2.75) is 32.6 Å².